The molecule has 0 aromatic rings. The van der Waals surface area contributed by atoms with Crippen molar-refractivity contribution in [3.8, 4) is 0 Å². The molecule has 0 aliphatic rings. The molecule has 6 heteroatoms. The molecule has 0 spiro atoms. The standard InChI is InChI=1S/C66H112O6/c1-4-7-10-13-15-17-19-21-23-25-27-29-31-32-33-34-35-37-38-40-42-44-46-48-50-53-56-59-65(68)71-62-63(61-70-64(67)58-55-52-12-9-6-3)72-66(69)60-57-54-51-49-47-45-43-41-39-36-30-28-26-24-22-20-18-16-14-11-8-5-2/h7,10,15,17,21,23,27,29,32-33,35,37,40,42,46,48,63H,4-6,8-9,11-14,16,18-20,22,24-26,28,30-31,34,36,38-39,41,43-45,47,49-62H2,1-3H3/b10-7-,17-15-,23-21-,29-27-,33-32-,37-35-,42-40-,48-46-. The van der Waals surface area contributed by atoms with Crippen LogP contribution in [-0.2, 0) is 28.6 Å². The van der Waals surface area contributed by atoms with Gasteiger partial charge in [-0.25, -0.2) is 0 Å². The summed E-state index contributed by atoms with van der Waals surface area (Å²) in [4.78, 5) is 37.8. The van der Waals surface area contributed by atoms with E-state index in [4.69, 9.17) is 14.2 Å². The minimum atomic E-state index is -0.791. The van der Waals surface area contributed by atoms with Crippen molar-refractivity contribution < 1.29 is 28.6 Å². The highest BCUT2D eigenvalue weighted by Gasteiger charge is 2.19. The van der Waals surface area contributed by atoms with Crippen LogP contribution >= 0.6 is 0 Å². The number of hydrogen-bond acceptors (Lipinski definition) is 6. The van der Waals surface area contributed by atoms with Gasteiger partial charge in [0.25, 0.3) is 0 Å². The number of carbonyl (C=O) groups is 3. The normalized spacial score (nSPS) is 12.8. The van der Waals surface area contributed by atoms with Crippen LogP contribution in [0.25, 0.3) is 0 Å². The Morgan fingerprint density at radius 1 is 0.292 bits per heavy atom. The number of ether oxygens (including phenoxy) is 3. The molecule has 0 bridgehead atoms. The van der Waals surface area contributed by atoms with E-state index >= 15 is 0 Å². The summed E-state index contributed by atoms with van der Waals surface area (Å²) in [6, 6.07) is 0. The first-order valence-corrected chi connectivity index (χ1v) is 30.2. The van der Waals surface area contributed by atoms with Gasteiger partial charge in [0, 0.05) is 19.3 Å². The van der Waals surface area contributed by atoms with Crippen molar-refractivity contribution in [1.29, 1.82) is 0 Å². The predicted octanol–water partition coefficient (Wildman–Crippen LogP) is 20.5. The van der Waals surface area contributed by atoms with E-state index in [1.54, 1.807) is 0 Å². The fraction of sp³-hybridized carbons (Fsp3) is 0.712. The molecule has 0 heterocycles. The molecule has 1 unspecified atom stereocenters. The minimum Gasteiger partial charge on any atom is -0.462 e. The molecule has 0 radical (unpaired) electrons. The smallest absolute Gasteiger partial charge is 0.306 e. The topological polar surface area (TPSA) is 78.9 Å². The van der Waals surface area contributed by atoms with E-state index in [1.165, 1.54) is 128 Å². The van der Waals surface area contributed by atoms with Gasteiger partial charge in [0.1, 0.15) is 13.2 Å². The highest BCUT2D eigenvalue weighted by molar-refractivity contribution is 5.71. The largest absolute Gasteiger partial charge is 0.462 e. The lowest BCUT2D eigenvalue weighted by Gasteiger charge is -2.18. The van der Waals surface area contributed by atoms with E-state index in [0.717, 1.165) is 116 Å². The van der Waals surface area contributed by atoms with E-state index in [0.29, 0.717) is 19.3 Å². The van der Waals surface area contributed by atoms with Crippen molar-refractivity contribution in [2.45, 2.75) is 290 Å². The Balaban J connectivity index is 4.17. The summed E-state index contributed by atoms with van der Waals surface area (Å²) in [5, 5.41) is 0. The second kappa shape index (κ2) is 59.9. The van der Waals surface area contributed by atoms with Crippen LogP contribution < -0.4 is 0 Å². The van der Waals surface area contributed by atoms with Crippen molar-refractivity contribution in [3.05, 3.63) is 97.2 Å². The maximum Gasteiger partial charge on any atom is 0.306 e. The van der Waals surface area contributed by atoms with Crippen molar-refractivity contribution in [2.24, 2.45) is 0 Å². The van der Waals surface area contributed by atoms with Crippen LogP contribution in [0, 0.1) is 0 Å². The van der Waals surface area contributed by atoms with Crippen LogP contribution in [-0.4, -0.2) is 37.2 Å². The lowest BCUT2D eigenvalue weighted by atomic mass is 10.0. The zero-order valence-corrected chi connectivity index (χ0v) is 47.2. The van der Waals surface area contributed by atoms with Crippen molar-refractivity contribution in [1.82, 2.24) is 0 Å². The Morgan fingerprint density at radius 3 is 0.847 bits per heavy atom. The summed E-state index contributed by atoms with van der Waals surface area (Å²) < 4.78 is 16.7. The van der Waals surface area contributed by atoms with Crippen LogP contribution in [0.5, 0.6) is 0 Å². The van der Waals surface area contributed by atoms with Gasteiger partial charge in [-0.15, -0.1) is 0 Å². The molecule has 72 heavy (non-hydrogen) atoms. The van der Waals surface area contributed by atoms with Crippen LogP contribution in [0.4, 0.5) is 0 Å². The Hall–Kier alpha value is -3.67. The van der Waals surface area contributed by atoms with Gasteiger partial charge < -0.3 is 14.2 Å². The molecule has 0 aromatic heterocycles. The summed E-state index contributed by atoms with van der Waals surface area (Å²) in [5.74, 6) is -0.943. The third-order valence-corrected chi connectivity index (χ3v) is 12.9. The molecule has 0 aromatic carbocycles. The highest BCUT2D eigenvalue weighted by atomic mass is 16.6. The number of carbonyl (C=O) groups excluding carboxylic acids is 3. The average Bonchev–Trinajstić information content (AvgIpc) is 3.38. The maximum atomic E-state index is 12.8. The van der Waals surface area contributed by atoms with Gasteiger partial charge >= 0.3 is 17.9 Å². The zero-order chi connectivity index (χ0) is 52.2. The fourth-order valence-electron chi connectivity index (χ4n) is 8.34. The summed E-state index contributed by atoms with van der Waals surface area (Å²) in [6.45, 7) is 6.43. The first kappa shape index (κ1) is 68.3. The molecule has 6 nitrogen and oxygen atoms in total. The fourth-order valence-corrected chi connectivity index (χ4v) is 8.34. The van der Waals surface area contributed by atoms with Gasteiger partial charge in [-0.05, 0) is 83.5 Å². The lowest BCUT2D eigenvalue weighted by molar-refractivity contribution is -0.167. The molecular weight excluding hydrogens is 889 g/mol. The van der Waals surface area contributed by atoms with Gasteiger partial charge in [-0.3, -0.25) is 14.4 Å². The summed E-state index contributed by atoms with van der Waals surface area (Å²) >= 11 is 0. The Kier molecular flexibility index (Phi) is 56.8. The molecule has 1 atom stereocenters. The van der Waals surface area contributed by atoms with E-state index < -0.39 is 6.10 Å². The SMILES string of the molecule is CC/C=C\C/C=C\C/C=C\C/C=C\C/C=C\C/C=C\C/C=C\C/C=C\CCCCC(=O)OCC(COC(=O)CCCCCCC)OC(=O)CCCCCCCCCCCCCCCCCCCCCCCC. The second-order valence-electron chi connectivity index (χ2n) is 19.9. The third kappa shape index (κ3) is 57.2. The monoisotopic (exact) mass is 1000 g/mol. The Morgan fingerprint density at radius 2 is 0.542 bits per heavy atom. The second-order valence-corrected chi connectivity index (χ2v) is 19.9. The first-order chi connectivity index (χ1) is 35.5. The van der Waals surface area contributed by atoms with Gasteiger partial charge in [0.05, 0.1) is 0 Å². The van der Waals surface area contributed by atoms with Gasteiger partial charge in [0.2, 0.25) is 0 Å². The number of unbranched alkanes of at least 4 members (excludes halogenated alkanes) is 27. The molecular formula is C66H112O6. The Bertz CT molecular complexity index is 1430. The summed E-state index contributed by atoms with van der Waals surface area (Å²) in [5.41, 5.74) is 0. The molecule has 0 saturated heterocycles. The van der Waals surface area contributed by atoms with E-state index in [1.807, 2.05) is 0 Å². The quantitative estimate of drug-likeness (QED) is 0.0261. The van der Waals surface area contributed by atoms with Crippen LogP contribution in [0.15, 0.2) is 97.2 Å². The van der Waals surface area contributed by atoms with Crippen molar-refractivity contribution in [2.75, 3.05) is 13.2 Å². The Labute approximate surface area is 445 Å². The molecule has 0 amide bonds. The molecule has 412 valence electrons. The number of esters is 3. The number of rotatable bonds is 54. The molecule has 0 aliphatic heterocycles. The first-order valence-electron chi connectivity index (χ1n) is 30.2. The minimum absolute atomic E-state index is 0.0905. The van der Waals surface area contributed by atoms with Crippen molar-refractivity contribution in [3.63, 3.8) is 0 Å². The number of hydrogen-bond donors (Lipinski definition) is 0. The highest BCUT2D eigenvalue weighted by Crippen LogP contribution is 2.16. The lowest BCUT2D eigenvalue weighted by Crippen LogP contribution is -2.30. The third-order valence-electron chi connectivity index (χ3n) is 12.9. The van der Waals surface area contributed by atoms with Crippen LogP contribution in [0.3, 0.4) is 0 Å². The zero-order valence-electron chi connectivity index (χ0n) is 47.2. The predicted molar refractivity (Wildman–Crippen MR) is 311 cm³/mol. The molecule has 0 fully saturated rings. The van der Waals surface area contributed by atoms with Gasteiger partial charge in [-0.1, -0.05) is 279 Å². The van der Waals surface area contributed by atoms with Crippen LogP contribution in [0.1, 0.15) is 284 Å². The molecule has 0 rings (SSSR count). The van der Waals surface area contributed by atoms with E-state index in [2.05, 4.69) is 118 Å². The van der Waals surface area contributed by atoms with E-state index in [9.17, 15) is 14.4 Å². The van der Waals surface area contributed by atoms with Gasteiger partial charge in [-0.2, -0.15) is 0 Å². The van der Waals surface area contributed by atoms with Crippen LogP contribution in [0.2, 0.25) is 0 Å². The summed E-state index contributed by atoms with van der Waals surface area (Å²) in [7, 11) is 0. The average molecular weight is 1000 g/mol. The maximum absolute atomic E-state index is 12.8. The molecule has 0 aliphatic carbocycles. The van der Waals surface area contributed by atoms with Crippen molar-refractivity contribution >= 4 is 17.9 Å². The molecule has 0 saturated carbocycles. The summed E-state index contributed by atoms with van der Waals surface area (Å²) in [6.07, 6.45) is 80.3. The molecule has 0 N–H and O–H groups in total. The van der Waals surface area contributed by atoms with E-state index in [-0.39, 0.29) is 31.1 Å². The number of allylic oxidation sites excluding steroid dienone is 16. The van der Waals surface area contributed by atoms with Gasteiger partial charge in [0.15, 0.2) is 6.10 Å².